The zero-order valence-electron chi connectivity index (χ0n) is 10.4. The van der Waals surface area contributed by atoms with Gasteiger partial charge in [-0.05, 0) is 16.8 Å². The standard InChI is InChI=1S/C10H20N6OS/c17-9-8-15-6-4-14(5-7-15)2-1-3-16-10(18)11-12-13-16/h17H,1-9H2,(H,11,13,18). The van der Waals surface area contributed by atoms with Crippen LogP contribution in [0.1, 0.15) is 6.42 Å². The van der Waals surface area contributed by atoms with Crippen molar-refractivity contribution in [2.24, 2.45) is 0 Å². The summed E-state index contributed by atoms with van der Waals surface area (Å²) in [6.07, 6.45) is 1.03. The van der Waals surface area contributed by atoms with Crippen LogP contribution in [0.2, 0.25) is 0 Å². The molecule has 0 bridgehead atoms. The molecule has 0 radical (unpaired) electrons. The van der Waals surface area contributed by atoms with Crippen molar-refractivity contribution in [3.63, 3.8) is 0 Å². The van der Waals surface area contributed by atoms with E-state index in [1.807, 2.05) is 0 Å². The van der Waals surface area contributed by atoms with Crippen molar-refractivity contribution in [2.75, 3.05) is 45.9 Å². The summed E-state index contributed by atoms with van der Waals surface area (Å²) in [5.74, 6) is 0. The number of hydrogen-bond acceptors (Lipinski definition) is 7. The summed E-state index contributed by atoms with van der Waals surface area (Å²) in [5.41, 5.74) is 0. The van der Waals surface area contributed by atoms with Crippen LogP contribution < -0.4 is 0 Å². The first-order valence-corrected chi connectivity index (χ1v) is 6.75. The molecule has 8 heteroatoms. The highest BCUT2D eigenvalue weighted by molar-refractivity contribution is 7.80. The van der Waals surface area contributed by atoms with Crippen LogP contribution in [-0.2, 0) is 6.54 Å². The number of aryl methyl sites for hydroxylation is 1. The summed E-state index contributed by atoms with van der Waals surface area (Å²) < 4.78 is 1.71. The summed E-state index contributed by atoms with van der Waals surface area (Å²) in [4.78, 5) is 4.74. The quantitative estimate of drug-likeness (QED) is 0.645. The van der Waals surface area contributed by atoms with E-state index in [9.17, 15) is 0 Å². The van der Waals surface area contributed by atoms with Crippen LogP contribution >= 0.6 is 12.6 Å². The third kappa shape index (κ3) is 3.91. The topological polar surface area (TPSA) is 70.3 Å². The lowest BCUT2D eigenvalue weighted by atomic mass is 10.3. The van der Waals surface area contributed by atoms with Gasteiger partial charge in [-0.25, -0.2) is 4.68 Å². The van der Waals surface area contributed by atoms with Gasteiger partial charge in [0, 0.05) is 45.8 Å². The highest BCUT2D eigenvalue weighted by Gasteiger charge is 2.15. The minimum atomic E-state index is 0.254. The summed E-state index contributed by atoms with van der Waals surface area (Å²) in [6, 6.07) is 0. The number of nitrogens with zero attached hydrogens (tertiary/aromatic N) is 6. The Morgan fingerprint density at radius 3 is 2.28 bits per heavy atom. The number of thiol groups is 1. The monoisotopic (exact) mass is 272 g/mol. The Kier molecular flexibility index (Phi) is 5.36. The van der Waals surface area contributed by atoms with Crippen molar-refractivity contribution in [3.05, 3.63) is 0 Å². The van der Waals surface area contributed by atoms with Gasteiger partial charge in [0.25, 0.3) is 0 Å². The molecule has 7 nitrogen and oxygen atoms in total. The van der Waals surface area contributed by atoms with E-state index in [1.165, 1.54) is 0 Å². The zero-order valence-corrected chi connectivity index (χ0v) is 11.3. The van der Waals surface area contributed by atoms with Crippen molar-refractivity contribution in [3.8, 4) is 0 Å². The molecule has 1 aromatic rings. The number of tetrazole rings is 1. The maximum absolute atomic E-state index is 8.87. The predicted molar refractivity (Wildman–Crippen MR) is 69.7 cm³/mol. The second kappa shape index (κ2) is 7.03. The van der Waals surface area contributed by atoms with Gasteiger partial charge >= 0.3 is 0 Å². The smallest absolute Gasteiger partial charge is 0.206 e. The molecule has 1 aromatic heterocycles. The lowest BCUT2D eigenvalue weighted by Crippen LogP contribution is -2.47. The highest BCUT2D eigenvalue weighted by Crippen LogP contribution is 2.04. The van der Waals surface area contributed by atoms with Gasteiger partial charge in [0.1, 0.15) is 0 Å². The number of hydrogen-bond donors (Lipinski definition) is 2. The van der Waals surface area contributed by atoms with Gasteiger partial charge in [-0.3, -0.25) is 4.90 Å². The Balaban J connectivity index is 1.62. The summed E-state index contributed by atoms with van der Waals surface area (Å²) in [5, 5.41) is 20.6. The van der Waals surface area contributed by atoms with Crippen molar-refractivity contribution < 1.29 is 5.11 Å². The number of aliphatic hydroxyl groups is 1. The van der Waals surface area contributed by atoms with E-state index in [2.05, 4.69) is 38.0 Å². The number of aromatic nitrogens is 4. The molecule has 1 aliphatic heterocycles. The van der Waals surface area contributed by atoms with Crippen LogP contribution in [0.25, 0.3) is 0 Å². The van der Waals surface area contributed by atoms with E-state index in [0.717, 1.165) is 52.2 Å². The molecule has 18 heavy (non-hydrogen) atoms. The van der Waals surface area contributed by atoms with Crippen LogP contribution in [0.15, 0.2) is 5.16 Å². The molecule has 0 aliphatic carbocycles. The van der Waals surface area contributed by atoms with Crippen LogP contribution in [0.5, 0.6) is 0 Å². The second-order valence-corrected chi connectivity index (χ2v) is 4.86. The normalized spacial score (nSPS) is 18.3. The van der Waals surface area contributed by atoms with Crippen LogP contribution in [0, 0.1) is 0 Å². The molecule has 1 fully saturated rings. The third-order valence-electron chi connectivity index (χ3n) is 3.24. The van der Waals surface area contributed by atoms with E-state index in [0.29, 0.717) is 5.16 Å². The molecule has 0 saturated carbocycles. The molecule has 0 unspecified atom stereocenters. The molecular formula is C10H20N6OS. The van der Waals surface area contributed by atoms with E-state index in [-0.39, 0.29) is 6.61 Å². The lowest BCUT2D eigenvalue weighted by molar-refractivity contribution is 0.110. The Bertz CT molecular complexity index is 352. The second-order valence-electron chi connectivity index (χ2n) is 4.46. The van der Waals surface area contributed by atoms with E-state index in [4.69, 9.17) is 5.11 Å². The van der Waals surface area contributed by atoms with Crippen molar-refractivity contribution in [2.45, 2.75) is 18.1 Å². The molecule has 1 aliphatic rings. The Morgan fingerprint density at radius 2 is 1.72 bits per heavy atom. The van der Waals surface area contributed by atoms with E-state index in [1.54, 1.807) is 4.68 Å². The van der Waals surface area contributed by atoms with E-state index < -0.39 is 0 Å². The Morgan fingerprint density at radius 1 is 1.06 bits per heavy atom. The minimum absolute atomic E-state index is 0.254. The molecule has 1 N–H and O–H groups in total. The fourth-order valence-electron chi connectivity index (χ4n) is 2.17. The minimum Gasteiger partial charge on any atom is -0.395 e. The van der Waals surface area contributed by atoms with Crippen LogP contribution in [0.4, 0.5) is 0 Å². The van der Waals surface area contributed by atoms with E-state index >= 15 is 0 Å². The number of aliphatic hydroxyl groups excluding tert-OH is 1. The van der Waals surface area contributed by atoms with Crippen molar-refractivity contribution >= 4 is 12.6 Å². The van der Waals surface area contributed by atoms with Crippen LogP contribution in [-0.4, -0.2) is 81.0 Å². The first kappa shape index (κ1) is 13.7. The Hall–Kier alpha value is -0.700. The SMILES string of the molecule is OCCN1CCN(CCCn2nnnc2S)CC1. The lowest BCUT2D eigenvalue weighted by Gasteiger charge is -2.34. The van der Waals surface area contributed by atoms with Gasteiger partial charge in [-0.15, -0.1) is 17.7 Å². The average Bonchev–Trinajstić information content (AvgIpc) is 2.78. The molecule has 0 amide bonds. The molecule has 2 rings (SSSR count). The van der Waals surface area contributed by atoms with Crippen molar-refractivity contribution in [1.82, 2.24) is 30.0 Å². The molecule has 0 spiro atoms. The summed E-state index contributed by atoms with van der Waals surface area (Å²) in [7, 11) is 0. The predicted octanol–water partition coefficient (Wildman–Crippen LogP) is -1.04. The average molecular weight is 272 g/mol. The third-order valence-corrected chi connectivity index (χ3v) is 3.56. The van der Waals surface area contributed by atoms with Crippen LogP contribution in [0.3, 0.4) is 0 Å². The van der Waals surface area contributed by atoms with Crippen molar-refractivity contribution in [1.29, 1.82) is 0 Å². The molecule has 0 aromatic carbocycles. The largest absolute Gasteiger partial charge is 0.395 e. The van der Waals surface area contributed by atoms with Gasteiger partial charge < -0.3 is 10.0 Å². The number of β-amino-alcohol motifs (C(OH)–C–C–N with tert-alkyl or cyclic N) is 1. The van der Waals surface area contributed by atoms with Gasteiger partial charge in [0.05, 0.1) is 6.61 Å². The maximum atomic E-state index is 8.87. The molecule has 1 saturated heterocycles. The molecule has 0 atom stereocenters. The fraction of sp³-hybridized carbons (Fsp3) is 0.900. The fourth-order valence-corrected chi connectivity index (χ4v) is 2.35. The van der Waals surface area contributed by atoms with Gasteiger partial charge in [0.15, 0.2) is 0 Å². The van der Waals surface area contributed by atoms with Gasteiger partial charge in [-0.2, -0.15) is 0 Å². The number of rotatable bonds is 6. The van der Waals surface area contributed by atoms with Gasteiger partial charge in [-0.1, -0.05) is 0 Å². The highest BCUT2D eigenvalue weighted by atomic mass is 32.1. The number of piperazine rings is 1. The molecule has 102 valence electrons. The summed E-state index contributed by atoms with van der Waals surface area (Å²) in [6.45, 7) is 7.15. The first-order valence-electron chi connectivity index (χ1n) is 6.30. The molecular weight excluding hydrogens is 252 g/mol. The zero-order chi connectivity index (χ0) is 12.8. The maximum Gasteiger partial charge on any atom is 0.206 e. The van der Waals surface area contributed by atoms with Gasteiger partial charge in [0.2, 0.25) is 5.16 Å². The molecule has 2 heterocycles. The Labute approximate surface area is 112 Å². The summed E-state index contributed by atoms with van der Waals surface area (Å²) >= 11 is 4.17. The first-order chi connectivity index (χ1) is 8.79.